The van der Waals surface area contributed by atoms with E-state index in [1.165, 1.54) is 12.8 Å². The molecule has 1 fully saturated rings. The number of nitrogens with one attached hydrogen (secondary N) is 2. The smallest absolute Gasteiger partial charge is 0.211 e. The van der Waals surface area contributed by atoms with Crippen LogP contribution in [0.25, 0.3) is 12.2 Å². The number of hydrogen-bond donors (Lipinski definition) is 2. The summed E-state index contributed by atoms with van der Waals surface area (Å²) in [5.74, 6) is 1.57. The maximum Gasteiger partial charge on any atom is 0.211 e. The summed E-state index contributed by atoms with van der Waals surface area (Å²) in [6.45, 7) is 14.9. The fourth-order valence-electron chi connectivity index (χ4n) is 3.51. The molecule has 1 saturated carbocycles. The van der Waals surface area contributed by atoms with Gasteiger partial charge in [0.05, 0.1) is 13.2 Å². The lowest BCUT2D eigenvalue weighted by Gasteiger charge is -2.25. The van der Waals surface area contributed by atoms with Crippen LogP contribution in [-0.4, -0.2) is 20.1 Å². The molecule has 4 nitrogen and oxygen atoms in total. The Hall–Kier alpha value is -2.85. The first-order valence-electron chi connectivity index (χ1n) is 11.7. The summed E-state index contributed by atoms with van der Waals surface area (Å²) in [4.78, 5) is 10.9. The average molecular weight is 437 g/mol. The minimum absolute atomic E-state index is 0.0601. The van der Waals surface area contributed by atoms with Gasteiger partial charge in [-0.05, 0) is 67.1 Å². The molecule has 32 heavy (non-hydrogen) atoms. The first kappa shape index (κ1) is 27.2. The number of carbonyl (C=O) groups excluding carboxylic acids is 1. The summed E-state index contributed by atoms with van der Waals surface area (Å²) < 4.78 is 5.75. The third-order valence-corrected chi connectivity index (χ3v) is 5.10. The number of benzene rings is 2. The molecule has 4 heteroatoms. The van der Waals surface area contributed by atoms with Crippen molar-refractivity contribution >= 4 is 24.2 Å². The maximum atomic E-state index is 10.9. The minimum Gasteiger partial charge on any atom is -0.496 e. The number of methoxy groups -OCH3 is 1. The van der Waals surface area contributed by atoms with Gasteiger partial charge in [-0.25, -0.2) is 0 Å². The Morgan fingerprint density at radius 3 is 2.44 bits per heavy atom. The van der Waals surface area contributed by atoms with Crippen molar-refractivity contribution in [3.8, 4) is 5.75 Å². The molecule has 2 aromatic carbocycles. The third kappa shape index (κ3) is 7.38. The Labute approximate surface area is 194 Å². The van der Waals surface area contributed by atoms with Crippen molar-refractivity contribution < 1.29 is 9.53 Å². The molecule has 0 aromatic heterocycles. The number of allylic oxidation sites excluding steroid dienone is 1. The van der Waals surface area contributed by atoms with Gasteiger partial charge in [-0.3, -0.25) is 4.79 Å². The predicted molar refractivity (Wildman–Crippen MR) is 139 cm³/mol. The van der Waals surface area contributed by atoms with Crippen LogP contribution in [0.1, 0.15) is 75.8 Å². The van der Waals surface area contributed by atoms with Gasteiger partial charge in [-0.15, -0.1) is 0 Å². The largest absolute Gasteiger partial charge is 0.496 e. The molecule has 1 atom stereocenters. The Morgan fingerprint density at radius 1 is 1.16 bits per heavy atom. The van der Waals surface area contributed by atoms with Crippen LogP contribution in [0.4, 0.5) is 5.69 Å². The van der Waals surface area contributed by atoms with Crippen LogP contribution < -0.4 is 15.4 Å². The van der Waals surface area contributed by atoms with Crippen LogP contribution in [0.15, 0.2) is 49.1 Å². The Kier molecular flexibility index (Phi) is 12.8. The van der Waals surface area contributed by atoms with E-state index in [0.29, 0.717) is 6.41 Å². The average Bonchev–Trinajstić information content (AvgIpc) is 3.67. The van der Waals surface area contributed by atoms with Crippen LogP contribution in [0.3, 0.4) is 0 Å². The number of ether oxygens (including phenoxy) is 1. The molecule has 0 saturated heterocycles. The van der Waals surface area contributed by atoms with Gasteiger partial charge < -0.3 is 15.4 Å². The molecule has 0 radical (unpaired) electrons. The lowest BCUT2D eigenvalue weighted by molar-refractivity contribution is -0.105. The molecule has 2 aromatic rings. The topological polar surface area (TPSA) is 50.4 Å². The molecule has 1 amide bonds. The van der Waals surface area contributed by atoms with E-state index >= 15 is 0 Å². The number of anilines is 1. The van der Waals surface area contributed by atoms with Crippen molar-refractivity contribution in [3.05, 3.63) is 71.3 Å². The molecule has 174 valence electrons. The van der Waals surface area contributed by atoms with Crippen LogP contribution in [-0.2, 0) is 4.79 Å². The number of hydrogen-bond acceptors (Lipinski definition) is 3. The zero-order valence-corrected chi connectivity index (χ0v) is 20.6. The van der Waals surface area contributed by atoms with Crippen LogP contribution in [0.5, 0.6) is 5.75 Å². The Bertz CT molecular complexity index is 870. The second-order valence-electron chi connectivity index (χ2n) is 7.06. The van der Waals surface area contributed by atoms with E-state index in [-0.39, 0.29) is 6.04 Å². The highest BCUT2D eigenvalue weighted by molar-refractivity contribution is 5.73. The molecular formula is C28H40N2O2. The highest BCUT2D eigenvalue weighted by atomic mass is 16.5. The maximum absolute atomic E-state index is 10.9. The molecule has 1 aliphatic rings. The van der Waals surface area contributed by atoms with E-state index in [9.17, 15) is 4.79 Å². The predicted octanol–water partition coefficient (Wildman–Crippen LogP) is 7.08. The summed E-state index contributed by atoms with van der Waals surface area (Å²) in [7, 11) is 1.70. The van der Waals surface area contributed by atoms with E-state index in [1.807, 2.05) is 77.1 Å². The molecule has 2 N–H and O–H groups in total. The van der Waals surface area contributed by atoms with Gasteiger partial charge in [0.15, 0.2) is 0 Å². The minimum atomic E-state index is -0.0601. The lowest BCUT2D eigenvalue weighted by Crippen LogP contribution is -2.26. The summed E-state index contributed by atoms with van der Waals surface area (Å²) in [6, 6.07) is 11.9. The van der Waals surface area contributed by atoms with E-state index in [2.05, 4.69) is 29.4 Å². The van der Waals surface area contributed by atoms with Gasteiger partial charge in [0.1, 0.15) is 5.75 Å². The zero-order valence-electron chi connectivity index (χ0n) is 20.6. The fourth-order valence-corrected chi connectivity index (χ4v) is 3.51. The van der Waals surface area contributed by atoms with E-state index in [4.69, 9.17) is 4.74 Å². The van der Waals surface area contributed by atoms with Crippen LogP contribution in [0, 0.1) is 5.92 Å². The second-order valence-corrected chi connectivity index (χ2v) is 7.06. The van der Waals surface area contributed by atoms with E-state index in [0.717, 1.165) is 46.2 Å². The van der Waals surface area contributed by atoms with Gasteiger partial charge in [0, 0.05) is 11.3 Å². The standard InChI is InChI=1S/C24H28N2O2.2C2H6/c1-4-7-21-18(5-2)12-13-22(28-3)23(21)24(25-15-17-10-11-17)19-8-6-9-20(14-19)26-16-27;2*1-2/h4-9,12-14,16-17,24-25H,2,10-11,15H2,1,3H3,(H,26,27);2*1-2H3/b7-4-;;. The lowest BCUT2D eigenvalue weighted by atomic mass is 9.89. The van der Waals surface area contributed by atoms with Gasteiger partial charge in [0.2, 0.25) is 6.41 Å². The highest BCUT2D eigenvalue weighted by Crippen LogP contribution is 2.38. The van der Waals surface area contributed by atoms with Crippen molar-refractivity contribution in [1.82, 2.24) is 5.32 Å². The van der Waals surface area contributed by atoms with Crippen molar-refractivity contribution in [2.45, 2.75) is 53.5 Å². The molecule has 0 heterocycles. The fraction of sp³-hybridized carbons (Fsp3) is 0.393. The van der Waals surface area contributed by atoms with Gasteiger partial charge in [-0.1, -0.05) is 70.7 Å². The third-order valence-electron chi connectivity index (χ3n) is 5.10. The van der Waals surface area contributed by atoms with Crippen LogP contribution in [0.2, 0.25) is 0 Å². The molecule has 3 rings (SSSR count). The first-order chi connectivity index (χ1) is 15.7. The molecule has 1 unspecified atom stereocenters. The highest BCUT2D eigenvalue weighted by Gasteiger charge is 2.27. The number of carbonyl (C=O) groups is 1. The Balaban J connectivity index is 0.00000121. The second kappa shape index (κ2) is 15.0. The summed E-state index contributed by atoms with van der Waals surface area (Å²) in [6.07, 6.45) is 9.27. The van der Waals surface area contributed by atoms with E-state index < -0.39 is 0 Å². The number of amides is 1. The molecular weight excluding hydrogens is 396 g/mol. The summed E-state index contributed by atoms with van der Waals surface area (Å²) >= 11 is 0. The van der Waals surface area contributed by atoms with Gasteiger partial charge >= 0.3 is 0 Å². The SMILES string of the molecule is C=Cc1ccc(OC)c(C(NCC2CC2)c2cccc(NC=O)c2)c1/C=C\C.CC.CC. The monoisotopic (exact) mass is 436 g/mol. The molecule has 0 spiro atoms. The molecule has 0 aliphatic heterocycles. The quantitative estimate of drug-likeness (QED) is 0.391. The normalized spacial score (nSPS) is 13.2. The van der Waals surface area contributed by atoms with Crippen molar-refractivity contribution in [3.63, 3.8) is 0 Å². The summed E-state index contributed by atoms with van der Waals surface area (Å²) in [5, 5.41) is 6.50. The van der Waals surface area contributed by atoms with Crippen LogP contribution >= 0.6 is 0 Å². The molecule has 1 aliphatic carbocycles. The molecule has 0 bridgehead atoms. The van der Waals surface area contributed by atoms with Gasteiger partial charge in [-0.2, -0.15) is 0 Å². The zero-order chi connectivity index (χ0) is 23.9. The Morgan fingerprint density at radius 2 is 1.88 bits per heavy atom. The van der Waals surface area contributed by atoms with Crippen molar-refractivity contribution in [2.75, 3.05) is 19.0 Å². The van der Waals surface area contributed by atoms with Crippen molar-refractivity contribution in [2.24, 2.45) is 5.92 Å². The van der Waals surface area contributed by atoms with Crippen molar-refractivity contribution in [1.29, 1.82) is 0 Å². The first-order valence-corrected chi connectivity index (χ1v) is 11.7. The van der Waals surface area contributed by atoms with E-state index in [1.54, 1.807) is 7.11 Å². The summed E-state index contributed by atoms with van der Waals surface area (Å²) in [5.41, 5.74) is 5.10. The number of rotatable bonds is 10. The van der Waals surface area contributed by atoms with Gasteiger partial charge in [0.25, 0.3) is 0 Å².